The molecule has 0 aliphatic carbocycles. The molecular weight excluding hydrogens is 240 g/mol. The van der Waals surface area contributed by atoms with Crippen LogP contribution in [-0.4, -0.2) is 25.4 Å². The Hall–Kier alpha value is -1.65. The fourth-order valence-electron chi connectivity index (χ4n) is 2.69. The van der Waals surface area contributed by atoms with Gasteiger partial charge in [-0.2, -0.15) is 0 Å². The fraction of sp³-hybridized carbons (Fsp3) is 0.400. The van der Waals surface area contributed by atoms with Crippen molar-refractivity contribution in [3.63, 3.8) is 0 Å². The van der Waals surface area contributed by atoms with Gasteiger partial charge in [0.05, 0.1) is 12.3 Å². The van der Waals surface area contributed by atoms with Crippen LogP contribution >= 0.6 is 0 Å². The second kappa shape index (κ2) is 5.55. The lowest BCUT2D eigenvalue weighted by Gasteiger charge is -2.18. The van der Waals surface area contributed by atoms with Gasteiger partial charge in [-0.05, 0) is 31.0 Å². The zero-order valence-electron chi connectivity index (χ0n) is 11.1. The molecule has 19 heavy (non-hydrogen) atoms. The number of likely N-dealkylation sites (N-methyl/N-ethyl adjacent to an activating group) is 1. The van der Waals surface area contributed by atoms with Gasteiger partial charge in [0.2, 0.25) is 0 Å². The molecule has 100 valence electrons. The van der Waals surface area contributed by atoms with Crippen molar-refractivity contribution in [2.45, 2.75) is 18.9 Å². The van der Waals surface area contributed by atoms with Crippen LogP contribution in [0.2, 0.25) is 0 Å². The van der Waals surface area contributed by atoms with Gasteiger partial charge in [0.15, 0.2) is 5.76 Å². The zero-order chi connectivity index (χ0) is 13.1. The molecule has 0 unspecified atom stereocenters. The minimum atomic E-state index is 0.116. The van der Waals surface area contributed by atoms with Crippen molar-refractivity contribution in [2.75, 3.05) is 20.2 Å². The van der Waals surface area contributed by atoms with Gasteiger partial charge in [-0.1, -0.05) is 23.4 Å². The normalized spacial score (nSPS) is 18.9. The third kappa shape index (κ3) is 2.41. The fourth-order valence-corrected chi connectivity index (χ4v) is 2.69. The number of hydrogen-bond acceptors (Lipinski definition) is 4. The van der Waals surface area contributed by atoms with E-state index in [4.69, 9.17) is 9.26 Å². The lowest BCUT2D eigenvalue weighted by molar-refractivity contribution is 0.0579. The van der Waals surface area contributed by atoms with Gasteiger partial charge in [-0.3, -0.25) is 0 Å². The molecule has 1 aromatic heterocycles. The number of hydrogen-bond donors (Lipinski definition) is 1. The molecule has 0 saturated carbocycles. The lowest BCUT2D eigenvalue weighted by atomic mass is 9.93. The van der Waals surface area contributed by atoms with E-state index in [0.29, 0.717) is 0 Å². The van der Waals surface area contributed by atoms with E-state index in [-0.39, 0.29) is 6.10 Å². The van der Waals surface area contributed by atoms with Crippen LogP contribution in [0.1, 0.15) is 23.7 Å². The molecule has 4 heteroatoms. The first-order chi connectivity index (χ1) is 9.40. The van der Waals surface area contributed by atoms with Gasteiger partial charge >= 0.3 is 0 Å². The smallest absolute Gasteiger partial charge is 0.167 e. The van der Waals surface area contributed by atoms with E-state index in [1.165, 1.54) is 11.1 Å². The molecule has 1 aromatic carbocycles. The predicted molar refractivity (Wildman–Crippen MR) is 72.9 cm³/mol. The largest absolute Gasteiger partial charge is 0.372 e. The van der Waals surface area contributed by atoms with E-state index < -0.39 is 0 Å². The molecular formula is C15H18N2O2. The highest BCUT2D eigenvalue weighted by Crippen LogP contribution is 2.33. The number of nitrogens with zero attached hydrogens (tertiary/aromatic N) is 1. The SMILES string of the molecule is CNC[C@H]1OCCCc2c(-c3ccno3)cccc21. The number of ether oxygens (including phenoxy) is 1. The van der Waals surface area contributed by atoms with Crippen molar-refractivity contribution in [1.29, 1.82) is 0 Å². The summed E-state index contributed by atoms with van der Waals surface area (Å²) in [5.74, 6) is 0.835. The summed E-state index contributed by atoms with van der Waals surface area (Å²) < 4.78 is 11.2. The van der Waals surface area contributed by atoms with Crippen LogP contribution in [0.4, 0.5) is 0 Å². The summed E-state index contributed by atoms with van der Waals surface area (Å²) >= 11 is 0. The van der Waals surface area contributed by atoms with Gasteiger partial charge in [0, 0.05) is 24.8 Å². The Bertz CT molecular complexity index is 537. The summed E-state index contributed by atoms with van der Waals surface area (Å²) in [7, 11) is 1.95. The Morgan fingerprint density at radius 3 is 3.11 bits per heavy atom. The minimum absolute atomic E-state index is 0.116. The summed E-state index contributed by atoms with van der Waals surface area (Å²) in [6.45, 7) is 1.63. The van der Waals surface area contributed by atoms with Gasteiger partial charge in [-0.15, -0.1) is 0 Å². The standard InChI is InChI=1S/C15H18N2O2/c1-16-10-15-13-5-2-4-12(14-7-8-17-19-14)11(13)6-3-9-18-15/h2,4-5,7-8,15-16H,3,6,9-10H2,1H3/t15-/m1/s1. The topological polar surface area (TPSA) is 47.3 Å². The molecule has 2 heterocycles. The molecule has 0 fully saturated rings. The van der Waals surface area contributed by atoms with Crippen LogP contribution < -0.4 is 5.32 Å². The van der Waals surface area contributed by atoms with Crippen molar-refractivity contribution < 1.29 is 9.26 Å². The minimum Gasteiger partial charge on any atom is -0.372 e. The second-order valence-corrected chi connectivity index (χ2v) is 4.77. The molecule has 0 saturated heterocycles. The summed E-state index contributed by atoms with van der Waals surface area (Å²) in [5, 5.41) is 7.01. The first-order valence-electron chi connectivity index (χ1n) is 6.69. The average molecular weight is 258 g/mol. The number of benzene rings is 1. The van der Waals surface area contributed by atoms with E-state index in [1.807, 2.05) is 13.1 Å². The van der Waals surface area contributed by atoms with E-state index in [0.717, 1.165) is 37.3 Å². The lowest BCUT2D eigenvalue weighted by Crippen LogP contribution is -2.19. The van der Waals surface area contributed by atoms with E-state index >= 15 is 0 Å². The molecule has 1 N–H and O–H groups in total. The van der Waals surface area contributed by atoms with Crippen molar-refractivity contribution >= 4 is 0 Å². The average Bonchev–Trinajstić information content (AvgIpc) is 2.89. The van der Waals surface area contributed by atoms with Crippen LogP contribution in [0.3, 0.4) is 0 Å². The molecule has 3 rings (SSSR count). The molecule has 0 spiro atoms. The summed E-state index contributed by atoms with van der Waals surface area (Å²) in [6, 6.07) is 8.23. The van der Waals surface area contributed by atoms with Gasteiger partial charge in [0.1, 0.15) is 0 Å². The molecule has 0 amide bonds. The maximum absolute atomic E-state index is 5.93. The van der Waals surface area contributed by atoms with Crippen molar-refractivity contribution in [3.8, 4) is 11.3 Å². The number of nitrogens with one attached hydrogen (secondary N) is 1. The highest BCUT2D eigenvalue weighted by atomic mass is 16.5. The quantitative estimate of drug-likeness (QED) is 0.919. The summed E-state index contributed by atoms with van der Waals surface area (Å²) in [5.41, 5.74) is 3.74. The Morgan fingerprint density at radius 1 is 1.37 bits per heavy atom. The highest BCUT2D eigenvalue weighted by Gasteiger charge is 2.22. The van der Waals surface area contributed by atoms with Crippen LogP contribution in [0, 0.1) is 0 Å². The second-order valence-electron chi connectivity index (χ2n) is 4.77. The molecule has 1 aliphatic heterocycles. The molecule has 0 bridgehead atoms. The predicted octanol–water partition coefficient (Wildman–Crippen LogP) is 2.56. The van der Waals surface area contributed by atoms with Crippen LogP contribution in [-0.2, 0) is 11.2 Å². The van der Waals surface area contributed by atoms with Gasteiger partial charge in [0.25, 0.3) is 0 Å². The van der Waals surface area contributed by atoms with Crippen LogP contribution in [0.15, 0.2) is 35.0 Å². The molecule has 4 nitrogen and oxygen atoms in total. The van der Waals surface area contributed by atoms with Crippen molar-refractivity contribution in [2.24, 2.45) is 0 Å². The molecule has 2 aromatic rings. The van der Waals surface area contributed by atoms with Gasteiger partial charge in [-0.25, -0.2) is 0 Å². The first kappa shape index (κ1) is 12.4. The van der Waals surface area contributed by atoms with E-state index in [2.05, 4.69) is 28.7 Å². The third-order valence-electron chi connectivity index (χ3n) is 3.54. The van der Waals surface area contributed by atoms with Crippen molar-refractivity contribution in [1.82, 2.24) is 10.5 Å². The van der Waals surface area contributed by atoms with Crippen LogP contribution in [0.25, 0.3) is 11.3 Å². The van der Waals surface area contributed by atoms with Crippen molar-refractivity contribution in [3.05, 3.63) is 41.6 Å². The number of rotatable bonds is 3. The molecule has 1 aliphatic rings. The maximum atomic E-state index is 5.93. The Morgan fingerprint density at radius 2 is 2.32 bits per heavy atom. The first-order valence-corrected chi connectivity index (χ1v) is 6.69. The maximum Gasteiger partial charge on any atom is 0.167 e. The summed E-state index contributed by atoms with van der Waals surface area (Å²) in [4.78, 5) is 0. The highest BCUT2D eigenvalue weighted by molar-refractivity contribution is 5.64. The van der Waals surface area contributed by atoms with E-state index in [1.54, 1.807) is 6.20 Å². The van der Waals surface area contributed by atoms with E-state index in [9.17, 15) is 0 Å². The Kier molecular flexibility index (Phi) is 3.62. The number of aromatic nitrogens is 1. The third-order valence-corrected chi connectivity index (χ3v) is 3.54. The zero-order valence-corrected chi connectivity index (χ0v) is 11.1. The molecule has 0 radical (unpaired) electrons. The number of fused-ring (bicyclic) bond motifs is 1. The van der Waals surface area contributed by atoms with Crippen LogP contribution in [0.5, 0.6) is 0 Å². The Balaban J connectivity index is 2.07. The summed E-state index contributed by atoms with van der Waals surface area (Å²) in [6.07, 6.45) is 3.86. The van der Waals surface area contributed by atoms with Gasteiger partial charge < -0.3 is 14.6 Å². The monoisotopic (exact) mass is 258 g/mol. The molecule has 1 atom stereocenters. The Labute approximate surface area is 112 Å².